The Morgan fingerprint density at radius 1 is 1.33 bits per heavy atom. The lowest BCUT2D eigenvalue weighted by atomic mass is 9.89. The third-order valence-corrected chi connectivity index (χ3v) is 2.50. The molecule has 7 nitrogen and oxygen atoms in total. The Hall–Kier alpha value is -1.79. The fourth-order valence-electron chi connectivity index (χ4n) is 1.48. The Kier molecular flexibility index (Phi) is 5.61. The normalized spacial score (nSPS) is 12.6. The summed E-state index contributed by atoms with van der Waals surface area (Å²) in [7, 11) is 0. The minimum Gasteiger partial charge on any atom is -0.409 e. The maximum atomic E-state index is 12.3. The van der Waals surface area contributed by atoms with Crippen molar-refractivity contribution in [3.8, 4) is 0 Å². The van der Waals surface area contributed by atoms with Crippen molar-refractivity contribution >= 4 is 17.6 Å². The summed E-state index contributed by atoms with van der Waals surface area (Å²) < 4.78 is 0. The van der Waals surface area contributed by atoms with Gasteiger partial charge in [0.1, 0.15) is 5.41 Å². The zero-order valence-corrected chi connectivity index (χ0v) is 11.3. The predicted octanol–water partition coefficient (Wildman–Crippen LogP) is -0.271. The fraction of sp³-hybridized carbons (Fsp3) is 0.727. The molecule has 0 heterocycles. The molecule has 18 heavy (non-hydrogen) atoms. The number of rotatable bonds is 6. The average molecular weight is 258 g/mol. The number of nitrogens with two attached hydrogens (primary N) is 2. The number of hydrogen-bond donors (Lipinski definition) is 3. The minimum absolute atomic E-state index is 0.177. The Labute approximate surface area is 107 Å². The van der Waals surface area contributed by atoms with Gasteiger partial charge in [0, 0.05) is 6.54 Å². The van der Waals surface area contributed by atoms with Crippen molar-refractivity contribution in [1.82, 2.24) is 4.90 Å². The molecule has 0 atom stereocenters. The second-order valence-electron chi connectivity index (χ2n) is 5.16. The highest BCUT2D eigenvalue weighted by Gasteiger charge is 2.37. The van der Waals surface area contributed by atoms with Gasteiger partial charge in [-0.1, -0.05) is 19.0 Å². The van der Waals surface area contributed by atoms with Crippen LogP contribution in [0.25, 0.3) is 0 Å². The number of oxime groups is 1. The highest BCUT2D eigenvalue weighted by atomic mass is 16.4. The molecule has 0 fully saturated rings. The molecule has 0 radical (unpaired) electrons. The number of hydrogen-bond acceptors (Lipinski definition) is 4. The van der Waals surface area contributed by atoms with Gasteiger partial charge in [-0.3, -0.25) is 9.59 Å². The third-order valence-electron chi connectivity index (χ3n) is 2.50. The molecule has 0 aromatic heterocycles. The summed E-state index contributed by atoms with van der Waals surface area (Å²) in [4.78, 5) is 24.6. The van der Waals surface area contributed by atoms with Crippen LogP contribution in [0.15, 0.2) is 5.16 Å². The van der Waals surface area contributed by atoms with Crippen molar-refractivity contribution in [3.63, 3.8) is 0 Å². The van der Waals surface area contributed by atoms with Crippen LogP contribution in [0.5, 0.6) is 0 Å². The molecule has 0 saturated heterocycles. The van der Waals surface area contributed by atoms with Crippen molar-refractivity contribution in [2.45, 2.75) is 27.7 Å². The van der Waals surface area contributed by atoms with E-state index in [0.717, 1.165) is 0 Å². The summed E-state index contributed by atoms with van der Waals surface area (Å²) >= 11 is 0. The first-order valence-corrected chi connectivity index (χ1v) is 5.68. The molecular weight excluding hydrogens is 236 g/mol. The van der Waals surface area contributed by atoms with Gasteiger partial charge in [0.15, 0.2) is 5.84 Å². The van der Waals surface area contributed by atoms with Gasteiger partial charge in [-0.05, 0) is 19.8 Å². The molecule has 0 saturated carbocycles. The molecule has 2 amide bonds. The second-order valence-corrected chi connectivity index (χ2v) is 5.16. The summed E-state index contributed by atoms with van der Waals surface area (Å²) in [6, 6.07) is 0. The van der Waals surface area contributed by atoms with E-state index in [1.807, 2.05) is 13.8 Å². The predicted molar refractivity (Wildman–Crippen MR) is 67.8 cm³/mol. The molecular formula is C11H22N4O3. The summed E-state index contributed by atoms with van der Waals surface area (Å²) in [5, 5.41) is 11.5. The largest absolute Gasteiger partial charge is 0.409 e. The van der Waals surface area contributed by atoms with Crippen molar-refractivity contribution in [3.05, 3.63) is 0 Å². The highest BCUT2D eigenvalue weighted by molar-refractivity contribution is 6.06. The van der Waals surface area contributed by atoms with E-state index in [-0.39, 0.29) is 18.3 Å². The molecule has 0 spiro atoms. The molecule has 0 aromatic carbocycles. The van der Waals surface area contributed by atoms with E-state index >= 15 is 0 Å². The maximum absolute atomic E-state index is 12.3. The van der Waals surface area contributed by atoms with Gasteiger partial charge >= 0.3 is 0 Å². The van der Waals surface area contributed by atoms with Crippen LogP contribution in [0.2, 0.25) is 0 Å². The van der Waals surface area contributed by atoms with Gasteiger partial charge in [-0.15, -0.1) is 0 Å². The van der Waals surface area contributed by atoms with E-state index in [2.05, 4.69) is 5.16 Å². The SMILES string of the molecule is CC(C)CN(CC(N)=O)C(=O)C(C)(C)C(N)=NO. The van der Waals surface area contributed by atoms with Crippen LogP contribution in [0.3, 0.4) is 0 Å². The monoisotopic (exact) mass is 258 g/mol. The van der Waals surface area contributed by atoms with E-state index in [1.165, 1.54) is 18.7 Å². The van der Waals surface area contributed by atoms with Gasteiger partial charge < -0.3 is 21.6 Å². The molecule has 5 N–H and O–H groups in total. The third kappa shape index (κ3) is 4.23. The topological polar surface area (TPSA) is 122 Å². The Morgan fingerprint density at radius 2 is 1.83 bits per heavy atom. The number of primary amides is 1. The van der Waals surface area contributed by atoms with Gasteiger partial charge in [0.05, 0.1) is 6.54 Å². The summed E-state index contributed by atoms with van der Waals surface area (Å²) in [5.74, 6) is -1.02. The van der Waals surface area contributed by atoms with Gasteiger partial charge in [0.25, 0.3) is 0 Å². The summed E-state index contributed by atoms with van der Waals surface area (Å²) in [6.45, 7) is 7.08. The van der Waals surface area contributed by atoms with Crippen molar-refractivity contribution in [2.75, 3.05) is 13.1 Å². The molecule has 0 aliphatic heterocycles. The maximum Gasteiger partial charge on any atom is 0.237 e. The standard InChI is InChI=1S/C11H22N4O3/c1-7(2)5-15(6-8(12)16)10(17)11(3,4)9(13)14-18/h7,18H,5-6H2,1-4H3,(H2,12,16)(H2,13,14). The van der Waals surface area contributed by atoms with Crippen LogP contribution < -0.4 is 11.5 Å². The fourth-order valence-corrected chi connectivity index (χ4v) is 1.48. The first-order chi connectivity index (χ1) is 8.12. The zero-order chi connectivity index (χ0) is 14.5. The van der Waals surface area contributed by atoms with Crippen LogP contribution in [-0.4, -0.2) is 40.8 Å². The van der Waals surface area contributed by atoms with E-state index in [4.69, 9.17) is 16.7 Å². The Bertz CT molecular complexity index is 350. The molecule has 0 aliphatic rings. The average Bonchev–Trinajstić information content (AvgIpc) is 2.24. The lowest BCUT2D eigenvalue weighted by molar-refractivity contribution is -0.140. The van der Waals surface area contributed by atoms with Crippen LogP contribution in [0, 0.1) is 11.3 Å². The number of nitrogens with zero attached hydrogens (tertiary/aromatic N) is 2. The number of carbonyl (C=O) groups excluding carboxylic acids is 2. The summed E-state index contributed by atoms with van der Waals surface area (Å²) in [6.07, 6.45) is 0. The van der Waals surface area contributed by atoms with Crippen molar-refractivity contribution in [1.29, 1.82) is 0 Å². The smallest absolute Gasteiger partial charge is 0.237 e. The zero-order valence-electron chi connectivity index (χ0n) is 11.3. The Morgan fingerprint density at radius 3 is 2.17 bits per heavy atom. The quantitative estimate of drug-likeness (QED) is 0.262. The minimum atomic E-state index is -1.18. The number of amidine groups is 1. The van der Waals surface area contributed by atoms with Crippen LogP contribution in [0.1, 0.15) is 27.7 Å². The molecule has 104 valence electrons. The second kappa shape index (κ2) is 6.23. The van der Waals surface area contributed by atoms with E-state index < -0.39 is 17.2 Å². The Balaban J connectivity index is 5.11. The van der Waals surface area contributed by atoms with Crippen LogP contribution in [0.4, 0.5) is 0 Å². The number of carbonyl (C=O) groups is 2. The van der Waals surface area contributed by atoms with Crippen LogP contribution >= 0.6 is 0 Å². The molecule has 7 heteroatoms. The molecule has 0 bridgehead atoms. The highest BCUT2D eigenvalue weighted by Crippen LogP contribution is 2.20. The molecule has 0 aromatic rings. The van der Waals surface area contributed by atoms with Crippen molar-refractivity contribution < 1.29 is 14.8 Å². The first kappa shape index (κ1) is 16.2. The van der Waals surface area contributed by atoms with Gasteiger partial charge in [-0.25, -0.2) is 0 Å². The summed E-state index contributed by atoms with van der Waals surface area (Å²) in [5.41, 5.74) is 9.42. The van der Waals surface area contributed by atoms with E-state index in [0.29, 0.717) is 6.54 Å². The molecule has 0 rings (SSSR count). The molecule has 0 unspecified atom stereocenters. The number of amides is 2. The molecule has 0 aliphatic carbocycles. The lowest BCUT2D eigenvalue weighted by Crippen LogP contribution is -2.51. The van der Waals surface area contributed by atoms with Crippen LogP contribution in [-0.2, 0) is 9.59 Å². The van der Waals surface area contributed by atoms with Crippen molar-refractivity contribution in [2.24, 2.45) is 28.0 Å². The van der Waals surface area contributed by atoms with Gasteiger partial charge in [0.2, 0.25) is 11.8 Å². The van der Waals surface area contributed by atoms with E-state index in [1.54, 1.807) is 0 Å². The van der Waals surface area contributed by atoms with E-state index in [9.17, 15) is 9.59 Å². The van der Waals surface area contributed by atoms with Gasteiger partial charge in [-0.2, -0.15) is 0 Å². The lowest BCUT2D eigenvalue weighted by Gasteiger charge is -2.31. The first-order valence-electron chi connectivity index (χ1n) is 5.68.